The van der Waals surface area contributed by atoms with E-state index in [1.807, 2.05) is 25.1 Å². The SMILES string of the molecule is Cc1ccc2cc([C@@H](O)Cc3noc(Cn4cnc5c(c4=O)N(C)C(=O)CO5)n3)sc2c1. The molecule has 1 aliphatic rings. The molecule has 4 aromatic rings. The highest BCUT2D eigenvalue weighted by Crippen LogP contribution is 2.32. The molecule has 0 spiro atoms. The number of aliphatic hydroxyl groups excluding tert-OH is 1. The first-order valence-corrected chi connectivity index (χ1v) is 10.7. The maximum atomic E-state index is 12.8. The van der Waals surface area contributed by atoms with E-state index in [1.54, 1.807) is 0 Å². The van der Waals surface area contributed by atoms with Gasteiger partial charge in [-0.1, -0.05) is 17.3 Å². The third kappa shape index (κ3) is 3.65. The number of carbonyl (C=O) groups excluding carboxylic acids is 1. The van der Waals surface area contributed by atoms with E-state index in [0.29, 0.717) is 5.82 Å². The Bertz CT molecular complexity index is 1390. The van der Waals surface area contributed by atoms with Gasteiger partial charge in [-0.25, -0.2) is 4.98 Å². The molecule has 1 aliphatic heterocycles. The van der Waals surface area contributed by atoms with Crippen molar-refractivity contribution < 1.29 is 19.2 Å². The largest absolute Gasteiger partial charge is 0.466 e. The van der Waals surface area contributed by atoms with Crippen LogP contribution in [0.2, 0.25) is 0 Å². The standard InChI is InChI=1S/C21H19N5O5S/c1-11-3-4-12-6-15(32-14(12)5-11)13(27)7-16-23-17(31-24-16)8-26-10-22-20-19(21(26)29)25(2)18(28)9-30-20/h3-6,10,13,27H,7-9H2,1-2H3/t13-/m0/s1. The molecule has 1 atom stereocenters. The maximum Gasteiger partial charge on any atom is 0.281 e. The van der Waals surface area contributed by atoms with Crippen LogP contribution in [0.15, 0.2) is 39.9 Å². The number of fused-ring (bicyclic) bond motifs is 2. The van der Waals surface area contributed by atoms with Crippen molar-refractivity contribution in [1.82, 2.24) is 19.7 Å². The minimum Gasteiger partial charge on any atom is -0.466 e. The normalized spacial score (nSPS) is 14.5. The summed E-state index contributed by atoms with van der Waals surface area (Å²) >= 11 is 1.53. The molecule has 4 heterocycles. The minimum absolute atomic E-state index is 0.0214. The van der Waals surface area contributed by atoms with E-state index in [0.717, 1.165) is 20.5 Å². The van der Waals surface area contributed by atoms with Crippen LogP contribution in [0.5, 0.6) is 5.88 Å². The molecular weight excluding hydrogens is 434 g/mol. The van der Waals surface area contributed by atoms with Gasteiger partial charge in [0.15, 0.2) is 18.1 Å². The molecule has 164 valence electrons. The topological polar surface area (TPSA) is 124 Å². The summed E-state index contributed by atoms with van der Waals surface area (Å²) in [6, 6.07) is 8.12. The molecule has 10 nitrogen and oxygen atoms in total. The average molecular weight is 453 g/mol. The van der Waals surface area contributed by atoms with Gasteiger partial charge in [0.1, 0.15) is 12.9 Å². The van der Waals surface area contributed by atoms with Crippen molar-refractivity contribution in [2.45, 2.75) is 26.0 Å². The lowest BCUT2D eigenvalue weighted by molar-refractivity contribution is -0.121. The predicted molar refractivity (Wildman–Crippen MR) is 116 cm³/mol. The van der Waals surface area contributed by atoms with E-state index in [9.17, 15) is 14.7 Å². The van der Waals surface area contributed by atoms with Crippen LogP contribution in [0.3, 0.4) is 0 Å². The average Bonchev–Trinajstić information content (AvgIpc) is 3.39. The fraction of sp³-hybridized carbons (Fsp3) is 0.286. The summed E-state index contributed by atoms with van der Waals surface area (Å²) in [5.41, 5.74) is 0.780. The lowest BCUT2D eigenvalue weighted by Crippen LogP contribution is -2.41. The second kappa shape index (κ2) is 7.84. The fourth-order valence-electron chi connectivity index (χ4n) is 3.50. The zero-order valence-corrected chi connectivity index (χ0v) is 18.1. The second-order valence-corrected chi connectivity index (χ2v) is 8.70. The van der Waals surface area contributed by atoms with Gasteiger partial charge in [0.05, 0.1) is 6.10 Å². The predicted octanol–water partition coefficient (Wildman–Crippen LogP) is 1.83. The molecule has 11 heteroatoms. The molecule has 0 unspecified atom stereocenters. The molecule has 5 rings (SSSR count). The number of aromatic nitrogens is 4. The number of rotatable bonds is 5. The monoisotopic (exact) mass is 453 g/mol. The number of hydrogen-bond donors (Lipinski definition) is 1. The second-order valence-electron chi connectivity index (χ2n) is 7.59. The lowest BCUT2D eigenvalue weighted by Gasteiger charge is -2.24. The number of nitrogens with zero attached hydrogens (tertiary/aromatic N) is 5. The van der Waals surface area contributed by atoms with Crippen molar-refractivity contribution in [2.75, 3.05) is 18.6 Å². The number of anilines is 1. The highest BCUT2D eigenvalue weighted by molar-refractivity contribution is 7.19. The third-order valence-corrected chi connectivity index (χ3v) is 6.44. The van der Waals surface area contributed by atoms with E-state index in [1.165, 1.54) is 34.2 Å². The fourth-order valence-corrected chi connectivity index (χ4v) is 4.65. The Kier molecular flexibility index (Phi) is 4.98. The van der Waals surface area contributed by atoms with Gasteiger partial charge in [0, 0.05) is 23.0 Å². The summed E-state index contributed by atoms with van der Waals surface area (Å²) in [7, 11) is 1.50. The van der Waals surface area contributed by atoms with E-state index in [4.69, 9.17) is 9.26 Å². The van der Waals surface area contributed by atoms with Gasteiger partial charge < -0.3 is 19.3 Å². The quantitative estimate of drug-likeness (QED) is 0.485. The summed E-state index contributed by atoms with van der Waals surface area (Å²) in [6.07, 6.45) is 0.712. The first-order valence-electron chi connectivity index (χ1n) is 9.87. The highest BCUT2D eigenvalue weighted by Gasteiger charge is 2.28. The summed E-state index contributed by atoms with van der Waals surface area (Å²) in [5.74, 6) is 0.297. The summed E-state index contributed by atoms with van der Waals surface area (Å²) in [5, 5.41) is 15.6. The molecule has 0 saturated carbocycles. The molecule has 3 aromatic heterocycles. The van der Waals surface area contributed by atoms with Crippen molar-refractivity contribution in [3.05, 3.63) is 63.1 Å². The molecule has 1 aromatic carbocycles. The van der Waals surface area contributed by atoms with Crippen LogP contribution < -0.4 is 15.2 Å². The van der Waals surface area contributed by atoms with Gasteiger partial charge in [-0.2, -0.15) is 4.98 Å². The highest BCUT2D eigenvalue weighted by atomic mass is 32.1. The van der Waals surface area contributed by atoms with Crippen LogP contribution in [-0.4, -0.2) is 44.4 Å². The van der Waals surface area contributed by atoms with E-state index in [-0.39, 0.29) is 42.9 Å². The van der Waals surface area contributed by atoms with Crippen molar-refractivity contribution in [3.63, 3.8) is 0 Å². The smallest absolute Gasteiger partial charge is 0.281 e. The lowest BCUT2D eigenvalue weighted by atomic mass is 10.1. The summed E-state index contributed by atoms with van der Waals surface area (Å²) in [6.45, 7) is 1.85. The van der Waals surface area contributed by atoms with Gasteiger partial charge in [0.2, 0.25) is 11.8 Å². The van der Waals surface area contributed by atoms with Gasteiger partial charge >= 0.3 is 0 Å². The number of carbonyl (C=O) groups is 1. The van der Waals surface area contributed by atoms with Crippen molar-refractivity contribution in [1.29, 1.82) is 0 Å². The molecule has 0 aliphatic carbocycles. The molecule has 1 N–H and O–H groups in total. The number of amides is 1. The Hall–Kier alpha value is -3.57. The van der Waals surface area contributed by atoms with Crippen LogP contribution in [0.4, 0.5) is 5.69 Å². The van der Waals surface area contributed by atoms with Gasteiger partial charge in [-0.15, -0.1) is 11.3 Å². The number of thiophene rings is 1. The van der Waals surface area contributed by atoms with Crippen molar-refractivity contribution in [3.8, 4) is 5.88 Å². The van der Waals surface area contributed by atoms with Crippen LogP contribution in [0.1, 0.15) is 28.3 Å². The van der Waals surface area contributed by atoms with Crippen LogP contribution in [-0.2, 0) is 17.8 Å². The zero-order chi connectivity index (χ0) is 22.4. The maximum absolute atomic E-state index is 12.8. The first-order chi connectivity index (χ1) is 15.4. The van der Waals surface area contributed by atoms with Crippen molar-refractivity contribution >= 4 is 33.0 Å². The van der Waals surface area contributed by atoms with E-state index in [2.05, 4.69) is 21.2 Å². The first kappa shape index (κ1) is 20.3. The van der Waals surface area contributed by atoms with Crippen molar-refractivity contribution in [2.24, 2.45) is 0 Å². The molecule has 0 saturated heterocycles. The Morgan fingerprint density at radius 2 is 2.12 bits per heavy atom. The van der Waals surface area contributed by atoms with E-state index >= 15 is 0 Å². The third-order valence-electron chi connectivity index (χ3n) is 5.24. The molecule has 1 amide bonds. The number of likely N-dealkylation sites (N-methyl/N-ethyl adjacent to an activating group) is 1. The number of aryl methyl sites for hydroxylation is 1. The Labute approximate surface area is 185 Å². The molecule has 0 radical (unpaired) electrons. The van der Waals surface area contributed by atoms with Crippen LogP contribution in [0, 0.1) is 6.92 Å². The number of benzene rings is 1. The Balaban J connectivity index is 1.33. The molecule has 0 fully saturated rings. The summed E-state index contributed by atoms with van der Waals surface area (Å²) in [4.78, 5) is 35.1. The zero-order valence-electron chi connectivity index (χ0n) is 17.3. The number of hydrogen-bond acceptors (Lipinski definition) is 9. The van der Waals surface area contributed by atoms with E-state index < -0.39 is 11.7 Å². The van der Waals surface area contributed by atoms with Crippen LogP contribution >= 0.6 is 11.3 Å². The number of ether oxygens (including phenoxy) is 1. The van der Waals surface area contributed by atoms with Gasteiger partial charge in [-0.3, -0.25) is 14.2 Å². The molecular formula is C21H19N5O5S. The Morgan fingerprint density at radius 1 is 1.28 bits per heavy atom. The molecule has 0 bridgehead atoms. The number of aliphatic hydroxyl groups is 1. The van der Waals surface area contributed by atoms with Crippen LogP contribution in [0.25, 0.3) is 10.1 Å². The van der Waals surface area contributed by atoms with Gasteiger partial charge in [0.25, 0.3) is 11.5 Å². The summed E-state index contributed by atoms with van der Waals surface area (Å²) < 4.78 is 12.8. The molecule has 32 heavy (non-hydrogen) atoms. The minimum atomic E-state index is -0.775. The Morgan fingerprint density at radius 3 is 2.97 bits per heavy atom. The van der Waals surface area contributed by atoms with Gasteiger partial charge in [-0.05, 0) is 30.0 Å².